The van der Waals surface area contributed by atoms with Crippen molar-refractivity contribution in [3.05, 3.63) is 35.9 Å². The molecule has 112 valence electrons. The average molecular weight is 295 g/mol. The SMILES string of the molecule is CC(SCc1ccccc1)C(=O)NCC(C)(C)CCO. The van der Waals surface area contributed by atoms with E-state index in [0.717, 1.165) is 5.75 Å². The molecule has 0 aliphatic heterocycles. The van der Waals surface area contributed by atoms with Crippen molar-refractivity contribution in [1.82, 2.24) is 5.32 Å². The molecule has 0 radical (unpaired) electrons. The molecule has 0 heterocycles. The molecule has 0 spiro atoms. The Kier molecular flexibility index (Phi) is 7.10. The lowest BCUT2D eigenvalue weighted by molar-refractivity contribution is -0.120. The largest absolute Gasteiger partial charge is 0.396 e. The van der Waals surface area contributed by atoms with Crippen molar-refractivity contribution >= 4 is 17.7 Å². The molecule has 20 heavy (non-hydrogen) atoms. The Morgan fingerprint density at radius 2 is 2.00 bits per heavy atom. The van der Waals surface area contributed by atoms with Gasteiger partial charge in [-0.25, -0.2) is 0 Å². The summed E-state index contributed by atoms with van der Waals surface area (Å²) in [6, 6.07) is 10.2. The monoisotopic (exact) mass is 295 g/mol. The van der Waals surface area contributed by atoms with Crippen molar-refractivity contribution in [1.29, 1.82) is 0 Å². The van der Waals surface area contributed by atoms with E-state index in [1.54, 1.807) is 11.8 Å². The van der Waals surface area contributed by atoms with Gasteiger partial charge in [-0.05, 0) is 24.3 Å². The van der Waals surface area contributed by atoms with Crippen LogP contribution in [0.5, 0.6) is 0 Å². The maximum atomic E-state index is 12.0. The van der Waals surface area contributed by atoms with Gasteiger partial charge in [-0.3, -0.25) is 4.79 Å². The fraction of sp³-hybridized carbons (Fsp3) is 0.562. The van der Waals surface area contributed by atoms with Crippen molar-refractivity contribution in [2.24, 2.45) is 5.41 Å². The van der Waals surface area contributed by atoms with E-state index in [4.69, 9.17) is 5.11 Å². The van der Waals surface area contributed by atoms with Gasteiger partial charge in [0.25, 0.3) is 0 Å². The summed E-state index contributed by atoms with van der Waals surface area (Å²) in [5.74, 6) is 0.909. The Bertz CT molecular complexity index is 406. The van der Waals surface area contributed by atoms with E-state index >= 15 is 0 Å². The quantitative estimate of drug-likeness (QED) is 0.775. The zero-order valence-corrected chi connectivity index (χ0v) is 13.4. The molecule has 1 aromatic carbocycles. The second-order valence-corrected chi connectivity index (χ2v) is 7.12. The zero-order chi connectivity index (χ0) is 15.0. The second-order valence-electron chi connectivity index (χ2n) is 5.79. The van der Waals surface area contributed by atoms with Gasteiger partial charge >= 0.3 is 0 Å². The van der Waals surface area contributed by atoms with E-state index in [-0.39, 0.29) is 23.2 Å². The summed E-state index contributed by atoms with van der Waals surface area (Å²) < 4.78 is 0. The number of carbonyl (C=O) groups is 1. The summed E-state index contributed by atoms with van der Waals surface area (Å²) in [5, 5.41) is 11.9. The van der Waals surface area contributed by atoms with Crippen LogP contribution in [0.2, 0.25) is 0 Å². The number of aliphatic hydroxyl groups is 1. The maximum Gasteiger partial charge on any atom is 0.232 e. The lowest BCUT2D eigenvalue weighted by Crippen LogP contribution is -2.38. The van der Waals surface area contributed by atoms with Crippen LogP contribution in [-0.4, -0.2) is 29.4 Å². The van der Waals surface area contributed by atoms with Crippen LogP contribution in [-0.2, 0) is 10.5 Å². The minimum atomic E-state index is -0.0693. The van der Waals surface area contributed by atoms with Crippen LogP contribution in [0.1, 0.15) is 32.8 Å². The van der Waals surface area contributed by atoms with Crippen LogP contribution in [0.25, 0.3) is 0 Å². The van der Waals surface area contributed by atoms with Gasteiger partial charge in [0.2, 0.25) is 5.91 Å². The topological polar surface area (TPSA) is 49.3 Å². The minimum absolute atomic E-state index is 0.0613. The highest BCUT2D eigenvalue weighted by molar-refractivity contribution is 7.99. The molecule has 1 atom stereocenters. The Balaban J connectivity index is 2.32. The molecule has 2 N–H and O–H groups in total. The highest BCUT2D eigenvalue weighted by atomic mass is 32.2. The summed E-state index contributed by atoms with van der Waals surface area (Å²) in [7, 11) is 0. The van der Waals surface area contributed by atoms with Crippen molar-refractivity contribution in [2.75, 3.05) is 13.2 Å². The molecule has 3 nitrogen and oxygen atoms in total. The normalized spacial score (nSPS) is 13.0. The number of nitrogens with one attached hydrogen (secondary N) is 1. The van der Waals surface area contributed by atoms with Crippen LogP contribution in [0.15, 0.2) is 30.3 Å². The first kappa shape index (κ1) is 17.1. The number of hydrogen-bond donors (Lipinski definition) is 2. The molecule has 1 rings (SSSR count). The second kappa shape index (κ2) is 8.32. The zero-order valence-electron chi connectivity index (χ0n) is 12.6. The summed E-state index contributed by atoms with van der Waals surface area (Å²) in [5.41, 5.74) is 1.17. The molecular weight excluding hydrogens is 270 g/mol. The Labute approximate surface area is 126 Å². The number of thioether (sulfide) groups is 1. The molecule has 0 saturated carbocycles. The van der Waals surface area contributed by atoms with Gasteiger partial charge in [-0.2, -0.15) is 0 Å². The molecule has 1 amide bonds. The number of carbonyl (C=O) groups excluding carboxylic acids is 1. The lowest BCUT2D eigenvalue weighted by Gasteiger charge is -2.24. The van der Waals surface area contributed by atoms with Crippen molar-refractivity contribution < 1.29 is 9.90 Å². The predicted molar refractivity (Wildman–Crippen MR) is 85.7 cm³/mol. The molecule has 1 aromatic rings. The van der Waals surface area contributed by atoms with E-state index in [1.807, 2.05) is 39.0 Å². The fourth-order valence-electron chi connectivity index (χ4n) is 1.73. The molecular formula is C16H25NO2S. The maximum absolute atomic E-state index is 12.0. The highest BCUT2D eigenvalue weighted by Gasteiger charge is 2.20. The molecule has 0 aromatic heterocycles. The molecule has 4 heteroatoms. The Morgan fingerprint density at radius 1 is 1.35 bits per heavy atom. The minimum Gasteiger partial charge on any atom is -0.396 e. The van der Waals surface area contributed by atoms with E-state index in [1.165, 1.54) is 5.56 Å². The van der Waals surface area contributed by atoms with Gasteiger partial charge in [0, 0.05) is 18.9 Å². The number of benzene rings is 1. The lowest BCUT2D eigenvalue weighted by atomic mass is 9.90. The summed E-state index contributed by atoms with van der Waals surface area (Å²) in [6.45, 7) is 6.78. The van der Waals surface area contributed by atoms with Crippen molar-refractivity contribution in [3.63, 3.8) is 0 Å². The van der Waals surface area contributed by atoms with Crippen molar-refractivity contribution in [2.45, 2.75) is 38.2 Å². The summed E-state index contributed by atoms with van der Waals surface area (Å²) in [4.78, 5) is 12.0. The van der Waals surface area contributed by atoms with E-state index < -0.39 is 0 Å². The van der Waals surface area contributed by atoms with Gasteiger partial charge in [0.15, 0.2) is 0 Å². The summed E-state index contributed by atoms with van der Waals surface area (Å²) in [6.07, 6.45) is 0.693. The predicted octanol–water partition coefficient (Wildman–Crippen LogP) is 2.83. The third kappa shape index (κ3) is 6.44. The average Bonchev–Trinajstić information content (AvgIpc) is 2.43. The molecule has 1 unspecified atom stereocenters. The first-order valence-electron chi connectivity index (χ1n) is 6.99. The van der Waals surface area contributed by atoms with E-state index in [9.17, 15) is 4.79 Å². The van der Waals surface area contributed by atoms with Crippen LogP contribution < -0.4 is 5.32 Å². The van der Waals surface area contributed by atoms with Crippen LogP contribution in [0.4, 0.5) is 0 Å². The number of amides is 1. The van der Waals surface area contributed by atoms with Crippen LogP contribution in [0, 0.1) is 5.41 Å². The van der Waals surface area contributed by atoms with E-state index in [0.29, 0.717) is 13.0 Å². The smallest absolute Gasteiger partial charge is 0.232 e. The summed E-state index contributed by atoms with van der Waals surface area (Å²) >= 11 is 1.64. The molecule has 0 bridgehead atoms. The standard InChI is InChI=1S/C16H25NO2S/c1-13(20-11-14-7-5-4-6-8-14)15(19)17-12-16(2,3)9-10-18/h4-8,13,18H,9-12H2,1-3H3,(H,17,19). The molecule has 0 aliphatic rings. The number of hydrogen-bond acceptors (Lipinski definition) is 3. The van der Waals surface area contributed by atoms with Gasteiger partial charge in [0.05, 0.1) is 5.25 Å². The molecule has 0 aliphatic carbocycles. The molecule has 0 saturated heterocycles. The Morgan fingerprint density at radius 3 is 2.60 bits per heavy atom. The third-order valence-corrected chi connectivity index (χ3v) is 4.46. The fourth-order valence-corrected chi connectivity index (χ4v) is 2.60. The van der Waals surface area contributed by atoms with Gasteiger partial charge in [-0.15, -0.1) is 11.8 Å². The van der Waals surface area contributed by atoms with Crippen molar-refractivity contribution in [3.8, 4) is 0 Å². The number of aliphatic hydroxyl groups excluding tert-OH is 1. The van der Waals surface area contributed by atoms with Crippen LogP contribution in [0.3, 0.4) is 0 Å². The first-order valence-corrected chi connectivity index (χ1v) is 8.03. The highest BCUT2D eigenvalue weighted by Crippen LogP contribution is 2.20. The van der Waals surface area contributed by atoms with E-state index in [2.05, 4.69) is 17.4 Å². The third-order valence-electron chi connectivity index (χ3n) is 3.24. The van der Waals surface area contributed by atoms with Gasteiger partial charge in [-0.1, -0.05) is 44.2 Å². The van der Waals surface area contributed by atoms with Gasteiger partial charge in [0.1, 0.15) is 0 Å². The number of rotatable bonds is 8. The Hall–Kier alpha value is -1.00. The van der Waals surface area contributed by atoms with Crippen LogP contribution >= 0.6 is 11.8 Å². The first-order chi connectivity index (χ1) is 9.44. The molecule has 0 fully saturated rings. The van der Waals surface area contributed by atoms with Gasteiger partial charge < -0.3 is 10.4 Å².